The molecular formula is C51H92O9. The van der Waals surface area contributed by atoms with Gasteiger partial charge in [-0.25, -0.2) is 0 Å². The Morgan fingerprint density at radius 1 is 0.550 bits per heavy atom. The first-order chi connectivity index (χ1) is 29.4. The van der Waals surface area contributed by atoms with Gasteiger partial charge in [0.25, 0.3) is 0 Å². The molecule has 4 N–H and O–H groups in total. The molecule has 0 aromatic rings. The van der Waals surface area contributed by atoms with Crippen LogP contribution in [-0.4, -0.2) is 89.6 Å². The van der Waals surface area contributed by atoms with Crippen molar-refractivity contribution in [3.63, 3.8) is 0 Å². The zero-order chi connectivity index (χ0) is 43.6. The van der Waals surface area contributed by atoms with Crippen molar-refractivity contribution in [3.05, 3.63) is 48.6 Å². The molecule has 350 valence electrons. The lowest BCUT2D eigenvalue weighted by atomic mass is 9.99. The zero-order valence-electron chi connectivity index (χ0n) is 38.5. The van der Waals surface area contributed by atoms with Gasteiger partial charge in [0, 0.05) is 13.0 Å². The first kappa shape index (κ1) is 56.2. The first-order valence-corrected chi connectivity index (χ1v) is 24.7. The fourth-order valence-corrected chi connectivity index (χ4v) is 7.43. The van der Waals surface area contributed by atoms with Crippen LogP contribution in [0.15, 0.2) is 48.6 Å². The van der Waals surface area contributed by atoms with Gasteiger partial charge in [0.05, 0.1) is 19.8 Å². The Kier molecular flexibility index (Phi) is 39.7. The van der Waals surface area contributed by atoms with E-state index in [1.807, 2.05) is 0 Å². The molecule has 0 aliphatic carbocycles. The molecule has 0 spiro atoms. The molecule has 60 heavy (non-hydrogen) atoms. The van der Waals surface area contributed by atoms with E-state index in [1.165, 1.54) is 128 Å². The maximum Gasteiger partial charge on any atom is 0.306 e. The van der Waals surface area contributed by atoms with Gasteiger partial charge in [0.1, 0.15) is 30.5 Å². The molecule has 1 fully saturated rings. The number of rotatable bonds is 42. The van der Waals surface area contributed by atoms with E-state index in [0.717, 1.165) is 57.8 Å². The summed E-state index contributed by atoms with van der Waals surface area (Å²) in [6.45, 7) is 4.45. The van der Waals surface area contributed by atoms with E-state index in [1.54, 1.807) is 0 Å². The topological polar surface area (TPSA) is 135 Å². The van der Waals surface area contributed by atoms with Gasteiger partial charge < -0.3 is 39.4 Å². The van der Waals surface area contributed by atoms with Gasteiger partial charge in [-0.2, -0.15) is 0 Å². The number of aliphatic hydroxyl groups is 4. The predicted octanol–water partition coefficient (Wildman–Crippen LogP) is 11.7. The van der Waals surface area contributed by atoms with Crippen LogP contribution in [0.3, 0.4) is 0 Å². The highest BCUT2D eigenvalue weighted by atomic mass is 16.7. The lowest BCUT2D eigenvalue weighted by Gasteiger charge is -2.39. The van der Waals surface area contributed by atoms with E-state index in [9.17, 15) is 25.2 Å². The van der Waals surface area contributed by atoms with Gasteiger partial charge in [-0.1, -0.05) is 197 Å². The molecule has 0 saturated carbocycles. The van der Waals surface area contributed by atoms with E-state index < -0.39 is 43.4 Å². The molecule has 1 aliphatic heterocycles. The summed E-state index contributed by atoms with van der Waals surface area (Å²) in [5.74, 6) is -0.314. The molecule has 9 nitrogen and oxygen atoms in total. The third-order valence-electron chi connectivity index (χ3n) is 11.3. The standard InChI is InChI=1S/C51H92O9/c1-3-5-7-9-11-13-15-16-17-18-19-20-21-22-23-24-25-26-27-28-29-31-33-35-37-39-41-57-43-45(44-58-51-50(56)49(55)48(54)46(42-52)60-51)59-47(53)40-38-36-34-32-30-14-12-10-8-6-4-2/h5,7,11,13,16-17,19-20,45-46,48-52,54-56H,3-4,6,8-10,12,14-15,18,21-44H2,1-2H3/b7-5-,13-11-,17-16-,20-19-. The Morgan fingerprint density at radius 3 is 1.53 bits per heavy atom. The molecule has 0 aromatic carbocycles. The minimum atomic E-state index is -1.53. The quantitative estimate of drug-likeness (QED) is 0.0269. The van der Waals surface area contributed by atoms with Gasteiger partial charge in [0.15, 0.2) is 6.29 Å². The number of unbranched alkanes of at least 4 members (excludes halogenated alkanes) is 23. The molecule has 1 saturated heterocycles. The van der Waals surface area contributed by atoms with Crippen LogP contribution in [0.25, 0.3) is 0 Å². The van der Waals surface area contributed by atoms with Crippen LogP contribution in [0.4, 0.5) is 0 Å². The van der Waals surface area contributed by atoms with Crippen LogP contribution in [0, 0.1) is 0 Å². The molecule has 0 bridgehead atoms. The second kappa shape index (κ2) is 42.5. The van der Waals surface area contributed by atoms with Crippen LogP contribution in [0.5, 0.6) is 0 Å². The third kappa shape index (κ3) is 32.8. The van der Waals surface area contributed by atoms with Crippen molar-refractivity contribution in [2.24, 2.45) is 0 Å². The maximum absolute atomic E-state index is 12.8. The Balaban J connectivity index is 2.14. The van der Waals surface area contributed by atoms with Crippen LogP contribution in [0.2, 0.25) is 0 Å². The van der Waals surface area contributed by atoms with E-state index >= 15 is 0 Å². The molecule has 6 unspecified atom stereocenters. The van der Waals surface area contributed by atoms with Crippen molar-refractivity contribution >= 4 is 5.97 Å². The molecule has 6 atom stereocenters. The summed E-state index contributed by atoms with van der Waals surface area (Å²) in [6.07, 6.45) is 45.8. The number of esters is 1. The highest BCUT2D eigenvalue weighted by Gasteiger charge is 2.44. The molecule has 1 heterocycles. The van der Waals surface area contributed by atoms with Gasteiger partial charge in [-0.3, -0.25) is 4.79 Å². The average Bonchev–Trinajstić information content (AvgIpc) is 3.25. The van der Waals surface area contributed by atoms with Crippen molar-refractivity contribution in [2.75, 3.05) is 26.4 Å². The summed E-state index contributed by atoms with van der Waals surface area (Å²) in [5.41, 5.74) is 0. The normalized spacial score (nSPS) is 20.4. The van der Waals surface area contributed by atoms with Crippen LogP contribution >= 0.6 is 0 Å². The fraction of sp³-hybridized carbons (Fsp3) is 0.824. The number of ether oxygens (including phenoxy) is 4. The SMILES string of the molecule is CC/C=C\C/C=C\C/C=C\C/C=C\CCCCCCCCCCCCCCCOCC(COC1OC(CO)C(O)C(O)C1O)OC(=O)CCCCCCCCCCCCC. The van der Waals surface area contributed by atoms with Gasteiger partial charge in [-0.05, 0) is 51.4 Å². The van der Waals surface area contributed by atoms with Crippen molar-refractivity contribution < 1.29 is 44.2 Å². The zero-order valence-corrected chi connectivity index (χ0v) is 38.5. The van der Waals surface area contributed by atoms with E-state index in [2.05, 4.69) is 62.5 Å². The average molecular weight is 849 g/mol. The summed E-state index contributed by atoms with van der Waals surface area (Å²) < 4.78 is 22.8. The van der Waals surface area contributed by atoms with Crippen molar-refractivity contribution in [2.45, 2.75) is 243 Å². The molecule has 1 aliphatic rings. The summed E-state index contributed by atoms with van der Waals surface area (Å²) in [4.78, 5) is 12.8. The smallest absolute Gasteiger partial charge is 0.306 e. The molecule has 9 heteroatoms. The highest BCUT2D eigenvalue weighted by Crippen LogP contribution is 2.23. The second-order valence-electron chi connectivity index (χ2n) is 16.9. The van der Waals surface area contributed by atoms with E-state index in [0.29, 0.717) is 13.0 Å². The van der Waals surface area contributed by atoms with E-state index in [-0.39, 0.29) is 19.2 Å². The predicted molar refractivity (Wildman–Crippen MR) is 247 cm³/mol. The second-order valence-corrected chi connectivity index (χ2v) is 16.9. The minimum absolute atomic E-state index is 0.112. The third-order valence-corrected chi connectivity index (χ3v) is 11.3. The van der Waals surface area contributed by atoms with Crippen LogP contribution < -0.4 is 0 Å². The van der Waals surface area contributed by atoms with Crippen LogP contribution in [-0.2, 0) is 23.7 Å². The first-order valence-electron chi connectivity index (χ1n) is 24.7. The fourth-order valence-electron chi connectivity index (χ4n) is 7.43. The molecular weight excluding hydrogens is 757 g/mol. The summed E-state index contributed by atoms with van der Waals surface area (Å²) in [5, 5.41) is 40.1. The number of hydrogen-bond donors (Lipinski definition) is 4. The van der Waals surface area contributed by atoms with Gasteiger partial charge in [0.2, 0.25) is 0 Å². The molecule has 0 aromatic heterocycles. The monoisotopic (exact) mass is 849 g/mol. The summed E-state index contributed by atoms with van der Waals surface area (Å²) in [6, 6.07) is 0. The lowest BCUT2D eigenvalue weighted by Crippen LogP contribution is -2.59. The Labute approximate surface area is 367 Å². The van der Waals surface area contributed by atoms with E-state index in [4.69, 9.17) is 18.9 Å². The number of allylic oxidation sites excluding steroid dienone is 8. The summed E-state index contributed by atoms with van der Waals surface area (Å²) >= 11 is 0. The largest absolute Gasteiger partial charge is 0.457 e. The molecule has 0 amide bonds. The number of carbonyl (C=O) groups is 1. The van der Waals surface area contributed by atoms with Crippen molar-refractivity contribution in [1.29, 1.82) is 0 Å². The minimum Gasteiger partial charge on any atom is -0.457 e. The number of hydrogen-bond acceptors (Lipinski definition) is 9. The Bertz CT molecular complexity index is 1060. The Hall–Kier alpha value is -1.85. The van der Waals surface area contributed by atoms with Crippen molar-refractivity contribution in [3.8, 4) is 0 Å². The van der Waals surface area contributed by atoms with Crippen molar-refractivity contribution in [1.82, 2.24) is 0 Å². The maximum atomic E-state index is 12.8. The number of carbonyl (C=O) groups excluding carboxylic acids is 1. The lowest BCUT2D eigenvalue weighted by molar-refractivity contribution is -0.305. The van der Waals surface area contributed by atoms with Gasteiger partial charge in [-0.15, -0.1) is 0 Å². The molecule has 1 rings (SSSR count). The van der Waals surface area contributed by atoms with Gasteiger partial charge >= 0.3 is 5.97 Å². The molecule has 0 radical (unpaired) electrons. The van der Waals surface area contributed by atoms with Crippen LogP contribution in [0.1, 0.15) is 206 Å². The Morgan fingerprint density at radius 2 is 1.02 bits per heavy atom. The highest BCUT2D eigenvalue weighted by molar-refractivity contribution is 5.69. The summed E-state index contributed by atoms with van der Waals surface area (Å²) in [7, 11) is 0. The number of aliphatic hydroxyl groups excluding tert-OH is 4.